The number of aryl methyl sites for hydroxylation is 2. The standard InChI is InChI=1S/C14H21N3O3/c1-4-5-6-11(15)14(18)16-12-8-13(17(19)20)10(3)7-9(12)2/h7-8,11H,4-6,15H2,1-3H3,(H,16,18)/t11-/m0/s1. The van der Waals surface area contributed by atoms with E-state index in [1.807, 2.05) is 6.92 Å². The molecule has 1 atom stereocenters. The second-order valence-corrected chi connectivity index (χ2v) is 4.95. The number of hydrogen-bond acceptors (Lipinski definition) is 4. The van der Waals surface area contributed by atoms with E-state index in [9.17, 15) is 14.9 Å². The Labute approximate surface area is 118 Å². The van der Waals surface area contributed by atoms with Gasteiger partial charge in [0.15, 0.2) is 0 Å². The van der Waals surface area contributed by atoms with E-state index < -0.39 is 11.0 Å². The van der Waals surface area contributed by atoms with Gasteiger partial charge in [0.25, 0.3) is 5.69 Å². The van der Waals surface area contributed by atoms with Gasteiger partial charge in [0, 0.05) is 11.6 Å². The summed E-state index contributed by atoms with van der Waals surface area (Å²) in [6.45, 7) is 5.49. The fourth-order valence-corrected chi connectivity index (χ4v) is 1.95. The molecular formula is C14H21N3O3. The van der Waals surface area contributed by atoms with E-state index in [4.69, 9.17) is 5.73 Å². The molecule has 1 aromatic carbocycles. The number of amides is 1. The van der Waals surface area contributed by atoms with Crippen LogP contribution in [0.3, 0.4) is 0 Å². The van der Waals surface area contributed by atoms with Gasteiger partial charge in [-0.15, -0.1) is 0 Å². The second kappa shape index (κ2) is 7.00. The number of carbonyl (C=O) groups is 1. The van der Waals surface area contributed by atoms with E-state index in [0.29, 0.717) is 17.7 Å². The number of unbranched alkanes of at least 4 members (excludes halogenated alkanes) is 1. The molecule has 0 saturated heterocycles. The third-order valence-corrected chi connectivity index (χ3v) is 3.20. The Hall–Kier alpha value is -1.95. The summed E-state index contributed by atoms with van der Waals surface area (Å²) in [7, 11) is 0. The molecule has 0 fully saturated rings. The van der Waals surface area contributed by atoms with Crippen molar-refractivity contribution in [3.63, 3.8) is 0 Å². The largest absolute Gasteiger partial charge is 0.324 e. The topological polar surface area (TPSA) is 98.3 Å². The molecule has 20 heavy (non-hydrogen) atoms. The molecule has 0 aliphatic carbocycles. The van der Waals surface area contributed by atoms with Crippen molar-refractivity contribution in [3.05, 3.63) is 33.4 Å². The molecular weight excluding hydrogens is 258 g/mol. The Morgan fingerprint density at radius 1 is 1.40 bits per heavy atom. The van der Waals surface area contributed by atoms with Gasteiger partial charge in [0.2, 0.25) is 5.91 Å². The summed E-state index contributed by atoms with van der Waals surface area (Å²) >= 11 is 0. The minimum Gasteiger partial charge on any atom is -0.324 e. The maximum atomic E-state index is 11.9. The average molecular weight is 279 g/mol. The van der Waals surface area contributed by atoms with Crippen molar-refractivity contribution in [2.24, 2.45) is 5.73 Å². The lowest BCUT2D eigenvalue weighted by atomic mass is 10.1. The molecule has 1 aromatic rings. The highest BCUT2D eigenvalue weighted by molar-refractivity contribution is 5.95. The molecule has 0 heterocycles. The van der Waals surface area contributed by atoms with Crippen LogP contribution in [-0.4, -0.2) is 16.9 Å². The number of nitrogens with one attached hydrogen (secondary N) is 1. The second-order valence-electron chi connectivity index (χ2n) is 4.95. The SMILES string of the molecule is CCCC[C@H](N)C(=O)Nc1cc([N+](=O)[O-])c(C)cc1C. The van der Waals surface area contributed by atoms with Crippen LogP contribution in [0.25, 0.3) is 0 Å². The van der Waals surface area contributed by atoms with Gasteiger partial charge < -0.3 is 11.1 Å². The van der Waals surface area contributed by atoms with Crippen LogP contribution in [0.2, 0.25) is 0 Å². The number of benzene rings is 1. The maximum Gasteiger partial charge on any atom is 0.274 e. The Morgan fingerprint density at radius 3 is 2.60 bits per heavy atom. The average Bonchev–Trinajstić information content (AvgIpc) is 2.38. The molecule has 0 saturated carbocycles. The van der Waals surface area contributed by atoms with E-state index in [1.54, 1.807) is 19.9 Å². The lowest BCUT2D eigenvalue weighted by Gasteiger charge is -2.14. The van der Waals surface area contributed by atoms with Crippen molar-refractivity contribution in [3.8, 4) is 0 Å². The lowest BCUT2D eigenvalue weighted by molar-refractivity contribution is -0.385. The zero-order valence-electron chi connectivity index (χ0n) is 12.1. The summed E-state index contributed by atoms with van der Waals surface area (Å²) in [6, 6.07) is 2.48. The molecule has 6 nitrogen and oxygen atoms in total. The molecule has 0 aliphatic rings. The first kappa shape index (κ1) is 16.1. The molecule has 6 heteroatoms. The predicted molar refractivity (Wildman–Crippen MR) is 78.7 cm³/mol. The Kier molecular flexibility index (Phi) is 5.64. The van der Waals surface area contributed by atoms with Crippen LogP contribution in [0, 0.1) is 24.0 Å². The van der Waals surface area contributed by atoms with Crippen LogP contribution >= 0.6 is 0 Å². The highest BCUT2D eigenvalue weighted by Gasteiger charge is 2.17. The molecule has 110 valence electrons. The summed E-state index contributed by atoms with van der Waals surface area (Å²) in [4.78, 5) is 22.4. The summed E-state index contributed by atoms with van der Waals surface area (Å²) in [5.41, 5.74) is 7.57. The molecule has 3 N–H and O–H groups in total. The number of nitrogens with zero attached hydrogens (tertiary/aromatic N) is 1. The fraction of sp³-hybridized carbons (Fsp3) is 0.500. The zero-order valence-corrected chi connectivity index (χ0v) is 12.1. The number of nitro benzene ring substituents is 1. The quantitative estimate of drug-likeness (QED) is 0.617. The number of rotatable bonds is 6. The highest BCUT2D eigenvalue weighted by Crippen LogP contribution is 2.26. The van der Waals surface area contributed by atoms with Crippen LogP contribution in [0.15, 0.2) is 12.1 Å². The first-order valence-electron chi connectivity index (χ1n) is 6.68. The van der Waals surface area contributed by atoms with Crippen molar-refractivity contribution in [2.45, 2.75) is 46.1 Å². The summed E-state index contributed by atoms with van der Waals surface area (Å²) in [5.74, 6) is -0.306. The van der Waals surface area contributed by atoms with Crippen molar-refractivity contribution < 1.29 is 9.72 Å². The molecule has 0 aromatic heterocycles. The van der Waals surface area contributed by atoms with Crippen LogP contribution in [-0.2, 0) is 4.79 Å². The van der Waals surface area contributed by atoms with E-state index in [0.717, 1.165) is 18.4 Å². The van der Waals surface area contributed by atoms with Gasteiger partial charge in [-0.05, 0) is 31.9 Å². The lowest BCUT2D eigenvalue weighted by Crippen LogP contribution is -2.35. The van der Waals surface area contributed by atoms with Crippen molar-refractivity contribution in [1.82, 2.24) is 0 Å². The summed E-state index contributed by atoms with van der Waals surface area (Å²) < 4.78 is 0. The van der Waals surface area contributed by atoms with Gasteiger partial charge in [0.05, 0.1) is 16.7 Å². The van der Waals surface area contributed by atoms with Gasteiger partial charge in [-0.25, -0.2) is 0 Å². The number of anilines is 1. The monoisotopic (exact) mass is 279 g/mol. The highest BCUT2D eigenvalue weighted by atomic mass is 16.6. The Balaban J connectivity index is 2.89. The number of nitrogens with two attached hydrogens (primary N) is 1. The summed E-state index contributed by atoms with van der Waals surface area (Å²) in [5, 5.41) is 13.6. The van der Waals surface area contributed by atoms with E-state index in [-0.39, 0.29) is 11.6 Å². The molecule has 0 bridgehead atoms. The Bertz CT molecular complexity index is 515. The van der Waals surface area contributed by atoms with Gasteiger partial charge in [-0.3, -0.25) is 14.9 Å². The third-order valence-electron chi connectivity index (χ3n) is 3.20. The van der Waals surface area contributed by atoms with E-state index in [2.05, 4.69) is 5.32 Å². The smallest absolute Gasteiger partial charge is 0.274 e. The number of nitro groups is 1. The molecule has 0 aliphatic heterocycles. The first-order valence-corrected chi connectivity index (χ1v) is 6.68. The van der Waals surface area contributed by atoms with Gasteiger partial charge >= 0.3 is 0 Å². The zero-order chi connectivity index (χ0) is 15.3. The normalized spacial score (nSPS) is 12.0. The fourth-order valence-electron chi connectivity index (χ4n) is 1.95. The van der Waals surface area contributed by atoms with Crippen molar-refractivity contribution in [1.29, 1.82) is 0 Å². The minimum absolute atomic E-state index is 0.00645. The molecule has 0 spiro atoms. The van der Waals surface area contributed by atoms with Crippen molar-refractivity contribution >= 4 is 17.3 Å². The van der Waals surface area contributed by atoms with Crippen molar-refractivity contribution in [2.75, 3.05) is 5.32 Å². The number of hydrogen-bond donors (Lipinski definition) is 2. The molecule has 1 amide bonds. The maximum absolute atomic E-state index is 11.9. The molecule has 1 rings (SSSR count). The van der Waals surface area contributed by atoms with E-state index in [1.165, 1.54) is 6.07 Å². The third kappa shape index (κ3) is 4.03. The minimum atomic E-state index is -0.588. The van der Waals surface area contributed by atoms with Crippen LogP contribution in [0.1, 0.15) is 37.3 Å². The Morgan fingerprint density at radius 2 is 2.05 bits per heavy atom. The van der Waals surface area contributed by atoms with Gasteiger partial charge in [-0.2, -0.15) is 0 Å². The summed E-state index contributed by atoms with van der Waals surface area (Å²) in [6.07, 6.45) is 2.45. The van der Waals surface area contributed by atoms with Gasteiger partial charge in [-0.1, -0.05) is 19.8 Å². The number of carbonyl (C=O) groups excluding carboxylic acids is 1. The van der Waals surface area contributed by atoms with Crippen LogP contribution in [0.5, 0.6) is 0 Å². The van der Waals surface area contributed by atoms with Crippen LogP contribution < -0.4 is 11.1 Å². The molecule has 0 unspecified atom stereocenters. The molecule has 0 radical (unpaired) electrons. The predicted octanol–water partition coefficient (Wildman–Crippen LogP) is 2.67. The van der Waals surface area contributed by atoms with Gasteiger partial charge in [0.1, 0.15) is 0 Å². The van der Waals surface area contributed by atoms with E-state index >= 15 is 0 Å². The van der Waals surface area contributed by atoms with Crippen LogP contribution in [0.4, 0.5) is 11.4 Å². The first-order chi connectivity index (χ1) is 9.36.